The molecule has 0 saturated heterocycles. The second-order valence-corrected chi connectivity index (χ2v) is 2.71. The molecular weight excluding hydrogens is 200 g/mol. The van der Waals surface area contributed by atoms with E-state index in [0.29, 0.717) is 17.2 Å². The molecule has 0 bridgehead atoms. The number of rotatable bonds is 3. The average Bonchev–Trinajstić information content (AvgIpc) is 2.17. The molecule has 0 aliphatic rings. The number of nitroso groups, excluding NO2 is 1. The highest BCUT2D eigenvalue weighted by atomic mass is 16.3. The summed E-state index contributed by atoms with van der Waals surface area (Å²) >= 11 is 0. The van der Waals surface area contributed by atoms with E-state index in [4.69, 9.17) is 5.73 Å². The second kappa shape index (κ2) is 4.84. The minimum atomic E-state index is -0.704. The maximum Gasteiger partial charge on any atom is 0.338 e. The maximum atomic E-state index is 10.8. The number of nitrogens with one attached hydrogen (secondary N) is 2. The molecule has 0 unspecified atom stereocenters. The Labute approximate surface area is 85.2 Å². The molecule has 1 rings (SSSR count). The number of nitrogens with two attached hydrogens (primary N) is 1. The smallest absolute Gasteiger partial charge is 0.338 e. The molecule has 0 spiro atoms. The van der Waals surface area contributed by atoms with Crippen molar-refractivity contribution < 1.29 is 4.79 Å². The van der Waals surface area contributed by atoms with E-state index in [9.17, 15) is 9.70 Å². The van der Waals surface area contributed by atoms with E-state index in [1.54, 1.807) is 12.3 Å². The van der Waals surface area contributed by atoms with E-state index in [1.165, 1.54) is 6.20 Å². The number of nitrogens with zero attached hydrogens (tertiary/aromatic N) is 3. The molecule has 0 aromatic carbocycles. The minimum absolute atomic E-state index is 0.132. The Morgan fingerprint density at radius 2 is 2.40 bits per heavy atom. The van der Waals surface area contributed by atoms with Crippen LogP contribution in [0, 0.1) is 11.8 Å². The topological polar surface area (TPSA) is 122 Å². The number of nitrogen functional groups attached to an aromatic ring is 1. The Morgan fingerprint density at radius 1 is 1.67 bits per heavy atom. The molecule has 0 aliphatic heterocycles. The Balaban J connectivity index is 2.57. The molecule has 8 nitrogen and oxygen atoms in total. The molecule has 0 atom stereocenters. The van der Waals surface area contributed by atoms with E-state index < -0.39 is 6.03 Å². The first-order chi connectivity index (χ1) is 7.13. The fourth-order valence-electron chi connectivity index (χ4n) is 0.905. The van der Waals surface area contributed by atoms with E-state index in [2.05, 4.69) is 20.6 Å². The zero-order valence-corrected chi connectivity index (χ0v) is 8.02. The maximum absolute atomic E-state index is 10.8. The summed E-state index contributed by atoms with van der Waals surface area (Å²) in [7, 11) is 0. The molecule has 15 heavy (non-hydrogen) atoms. The van der Waals surface area contributed by atoms with Crippen LogP contribution < -0.4 is 16.5 Å². The Morgan fingerprint density at radius 3 is 3.00 bits per heavy atom. The highest BCUT2D eigenvalue weighted by Gasteiger charge is 2.04. The number of carbonyl (C=O) groups excluding carboxylic acids is 1. The number of hydrogen-bond donors (Lipinski definition) is 3. The van der Waals surface area contributed by atoms with Crippen LogP contribution in [0.2, 0.25) is 0 Å². The predicted molar refractivity (Wildman–Crippen MR) is 52.3 cm³/mol. The monoisotopic (exact) mass is 210 g/mol. The number of amides is 2. The van der Waals surface area contributed by atoms with Crippen molar-refractivity contribution in [3.63, 3.8) is 0 Å². The van der Waals surface area contributed by atoms with Gasteiger partial charge in [0.05, 0.1) is 5.29 Å². The molecule has 1 aromatic heterocycles. The molecule has 0 saturated carbocycles. The molecule has 80 valence electrons. The van der Waals surface area contributed by atoms with E-state index in [1.807, 2.05) is 0 Å². The normalized spacial score (nSPS) is 9.40. The molecule has 0 radical (unpaired) electrons. The van der Waals surface area contributed by atoms with Crippen molar-refractivity contribution in [1.29, 1.82) is 0 Å². The van der Waals surface area contributed by atoms with Gasteiger partial charge in [-0.3, -0.25) is 0 Å². The quantitative estimate of drug-likeness (QED) is 0.473. The summed E-state index contributed by atoms with van der Waals surface area (Å²) in [6.45, 7) is 1.84. The van der Waals surface area contributed by atoms with Crippen LogP contribution in [0.5, 0.6) is 0 Å². The molecule has 1 heterocycles. The molecule has 8 heteroatoms. The first kappa shape index (κ1) is 10.8. The van der Waals surface area contributed by atoms with Crippen LogP contribution in [0.25, 0.3) is 0 Å². The lowest BCUT2D eigenvalue weighted by atomic mass is 10.3. The van der Waals surface area contributed by atoms with Crippen molar-refractivity contribution in [1.82, 2.24) is 20.7 Å². The van der Waals surface area contributed by atoms with E-state index in [0.717, 1.165) is 0 Å². The van der Waals surface area contributed by atoms with Crippen LogP contribution in [0.4, 0.5) is 10.6 Å². The van der Waals surface area contributed by atoms with Gasteiger partial charge in [-0.15, -0.1) is 4.91 Å². The highest BCUT2D eigenvalue weighted by molar-refractivity contribution is 5.73. The van der Waals surface area contributed by atoms with Gasteiger partial charge >= 0.3 is 6.03 Å². The standard InChI is InChI=1S/C7H10N6O2/c1-4-9-2-5(6(8)11-4)3-10-7(14)12-13-15/h2H,3H2,1H3,(H2,8,9,11)(H2,10,12,14,15). The first-order valence-corrected chi connectivity index (χ1v) is 4.07. The van der Waals surface area contributed by atoms with Gasteiger partial charge in [0, 0.05) is 18.3 Å². The molecule has 2 amide bonds. The molecule has 0 aliphatic carbocycles. The van der Waals surface area contributed by atoms with Crippen molar-refractivity contribution in [2.75, 3.05) is 5.73 Å². The van der Waals surface area contributed by atoms with Crippen LogP contribution in [-0.2, 0) is 6.54 Å². The van der Waals surface area contributed by atoms with E-state index >= 15 is 0 Å². The molecule has 1 aromatic rings. The predicted octanol–water partition coefficient (Wildman–Crippen LogP) is -0.152. The second-order valence-electron chi connectivity index (χ2n) is 2.71. The van der Waals surface area contributed by atoms with Gasteiger partial charge in [0.2, 0.25) is 0 Å². The van der Waals surface area contributed by atoms with Crippen molar-refractivity contribution in [2.45, 2.75) is 13.5 Å². The van der Waals surface area contributed by atoms with Crippen LogP contribution >= 0.6 is 0 Å². The number of aromatic nitrogens is 2. The third-order valence-corrected chi connectivity index (χ3v) is 1.61. The van der Waals surface area contributed by atoms with Crippen LogP contribution in [-0.4, -0.2) is 16.0 Å². The number of carbonyl (C=O) groups is 1. The van der Waals surface area contributed by atoms with Crippen LogP contribution in [0.15, 0.2) is 11.5 Å². The zero-order chi connectivity index (χ0) is 11.3. The van der Waals surface area contributed by atoms with Crippen molar-refractivity contribution >= 4 is 11.8 Å². The lowest BCUT2D eigenvalue weighted by molar-refractivity contribution is 0.241. The summed E-state index contributed by atoms with van der Waals surface area (Å²) in [5.41, 5.74) is 7.83. The summed E-state index contributed by atoms with van der Waals surface area (Å²) in [4.78, 5) is 28.3. The third-order valence-electron chi connectivity index (χ3n) is 1.61. The lowest BCUT2D eigenvalue weighted by Gasteiger charge is -2.05. The molecule has 4 N–H and O–H groups in total. The SMILES string of the molecule is Cc1ncc(CNC(=O)NN=O)c(N)n1. The number of hydrogen-bond acceptors (Lipinski definition) is 6. The first-order valence-electron chi connectivity index (χ1n) is 4.07. The summed E-state index contributed by atoms with van der Waals surface area (Å²) in [6.07, 6.45) is 1.51. The number of aryl methyl sites for hydroxylation is 1. The third kappa shape index (κ3) is 3.18. The van der Waals surface area contributed by atoms with Gasteiger partial charge in [-0.25, -0.2) is 14.8 Å². The van der Waals surface area contributed by atoms with Crippen molar-refractivity contribution in [2.24, 2.45) is 5.29 Å². The van der Waals surface area contributed by atoms with Crippen LogP contribution in [0.3, 0.4) is 0 Å². The van der Waals surface area contributed by atoms with Gasteiger partial charge in [0.25, 0.3) is 0 Å². The van der Waals surface area contributed by atoms with Gasteiger partial charge in [0.1, 0.15) is 11.6 Å². The zero-order valence-electron chi connectivity index (χ0n) is 8.02. The minimum Gasteiger partial charge on any atom is -0.383 e. The van der Waals surface area contributed by atoms with Gasteiger partial charge in [-0.2, -0.15) is 5.43 Å². The summed E-state index contributed by atoms with van der Waals surface area (Å²) in [5, 5.41) is 4.57. The number of anilines is 1. The average molecular weight is 210 g/mol. The summed E-state index contributed by atoms with van der Waals surface area (Å²) in [6, 6.07) is -0.704. The molecule has 0 fully saturated rings. The Bertz CT molecular complexity index is 380. The molecular formula is C7H10N6O2. The fourth-order valence-corrected chi connectivity index (χ4v) is 0.905. The number of urea groups is 1. The van der Waals surface area contributed by atoms with Crippen molar-refractivity contribution in [3.05, 3.63) is 22.5 Å². The lowest BCUT2D eigenvalue weighted by Crippen LogP contribution is -2.31. The Hall–Kier alpha value is -2.25. The van der Waals surface area contributed by atoms with Gasteiger partial charge in [-0.1, -0.05) is 0 Å². The van der Waals surface area contributed by atoms with Gasteiger partial charge in [0.15, 0.2) is 0 Å². The summed E-state index contributed by atoms with van der Waals surface area (Å²) < 4.78 is 0. The van der Waals surface area contributed by atoms with Gasteiger partial charge in [-0.05, 0) is 6.92 Å². The van der Waals surface area contributed by atoms with E-state index in [-0.39, 0.29) is 6.54 Å². The highest BCUT2D eigenvalue weighted by Crippen LogP contribution is 2.05. The van der Waals surface area contributed by atoms with Crippen LogP contribution in [0.1, 0.15) is 11.4 Å². The fraction of sp³-hybridized carbons (Fsp3) is 0.286. The largest absolute Gasteiger partial charge is 0.383 e. The van der Waals surface area contributed by atoms with Crippen molar-refractivity contribution in [3.8, 4) is 0 Å². The Kier molecular flexibility index (Phi) is 3.49. The summed E-state index contributed by atoms with van der Waals surface area (Å²) in [5.74, 6) is 0.845. The van der Waals surface area contributed by atoms with Gasteiger partial charge < -0.3 is 11.1 Å².